The zero-order valence-electron chi connectivity index (χ0n) is 15.4. The van der Waals surface area contributed by atoms with Gasteiger partial charge in [0.05, 0.1) is 14.2 Å². The van der Waals surface area contributed by atoms with Crippen molar-refractivity contribution < 1.29 is 23.7 Å². The molecule has 0 spiro atoms. The first-order chi connectivity index (χ1) is 13.7. The number of nitrogens with one attached hydrogen (secondary N) is 1. The Balaban J connectivity index is 1.44. The number of amides is 1. The third-order valence-electron chi connectivity index (χ3n) is 4.26. The van der Waals surface area contributed by atoms with Crippen LogP contribution in [0.15, 0.2) is 41.8 Å². The normalized spacial score (nSPS) is 11.9. The summed E-state index contributed by atoms with van der Waals surface area (Å²) >= 11 is 1.40. The van der Waals surface area contributed by atoms with Gasteiger partial charge in [-0.25, -0.2) is 4.98 Å². The Kier molecular flexibility index (Phi) is 5.03. The molecular weight excluding hydrogens is 380 g/mol. The van der Waals surface area contributed by atoms with Crippen molar-refractivity contribution >= 4 is 17.2 Å². The average molecular weight is 398 g/mol. The number of carbonyl (C=O) groups is 1. The molecule has 1 aliphatic heterocycles. The van der Waals surface area contributed by atoms with Crippen LogP contribution in [0.4, 0.5) is 0 Å². The van der Waals surface area contributed by atoms with Crippen LogP contribution in [0.2, 0.25) is 0 Å². The minimum absolute atomic E-state index is 0.225. The molecule has 0 unspecified atom stereocenters. The van der Waals surface area contributed by atoms with E-state index in [9.17, 15) is 4.79 Å². The van der Waals surface area contributed by atoms with Crippen molar-refractivity contribution in [3.8, 4) is 33.6 Å². The minimum Gasteiger partial charge on any atom is -0.493 e. The number of ether oxygens (including phenoxy) is 4. The lowest BCUT2D eigenvalue weighted by Gasteiger charge is -2.08. The summed E-state index contributed by atoms with van der Waals surface area (Å²) in [6, 6.07) is 11.1. The Bertz CT molecular complexity index is 1020. The molecule has 2 aromatic carbocycles. The van der Waals surface area contributed by atoms with Crippen molar-refractivity contribution in [2.24, 2.45) is 0 Å². The van der Waals surface area contributed by atoms with Crippen LogP contribution < -0.4 is 24.3 Å². The fourth-order valence-electron chi connectivity index (χ4n) is 2.80. The van der Waals surface area contributed by atoms with Gasteiger partial charge in [0.15, 0.2) is 23.0 Å². The zero-order chi connectivity index (χ0) is 19.5. The van der Waals surface area contributed by atoms with Gasteiger partial charge >= 0.3 is 0 Å². The number of hydrogen-bond donors (Lipinski definition) is 1. The Morgan fingerprint density at radius 3 is 2.75 bits per heavy atom. The van der Waals surface area contributed by atoms with E-state index in [-0.39, 0.29) is 12.7 Å². The summed E-state index contributed by atoms with van der Waals surface area (Å²) in [6.07, 6.45) is 0. The molecule has 7 nitrogen and oxygen atoms in total. The first kappa shape index (κ1) is 18.1. The molecule has 0 atom stereocenters. The van der Waals surface area contributed by atoms with Crippen molar-refractivity contribution in [2.75, 3.05) is 21.0 Å². The fourth-order valence-corrected chi connectivity index (χ4v) is 3.60. The molecule has 0 saturated carbocycles. The van der Waals surface area contributed by atoms with E-state index < -0.39 is 0 Å². The van der Waals surface area contributed by atoms with Crippen LogP contribution in [0.1, 0.15) is 16.1 Å². The molecule has 4 rings (SSSR count). The number of rotatable bonds is 6. The molecule has 1 amide bonds. The molecular formula is C20H18N2O5S. The third-order valence-corrected chi connectivity index (χ3v) is 5.15. The molecule has 0 bridgehead atoms. The second-order valence-electron chi connectivity index (χ2n) is 5.98. The summed E-state index contributed by atoms with van der Waals surface area (Å²) in [5.41, 5.74) is 2.15. The van der Waals surface area contributed by atoms with Gasteiger partial charge in [0, 0.05) is 17.5 Å². The fraction of sp³-hybridized carbons (Fsp3) is 0.200. The lowest BCUT2D eigenvalue weighted by Crippen LogP contribution is -2.23. The number of aromatic nitrogens is 1. The number of nitrogens with zero attached hydrogens (tertiary/aromatic N) is 1. The van der Waals surface area contributed by atoms with Crippen molar-refractivity contribution in [1.29, 1.82) is 0 Å². The van der Waals surface area contributed by atoms with Gasteiger partial charge in [0.1, 0.15) is 10.7 Å². The monoisotopic (exact) mass is 398 g/mol. The number of carbonyl (C=O) groups excluding carboxylic acids is 1. The molecule has 1 N–H and O–H groups in total. The minimum atomic E-state index is -0.236. The molecule has 0 radical (unpaired) electrons. The van der Waals surface area contributed by atoms with Gasteiger partial charge in [-0.05, 0) is 35.9 Å². The molecule has 144 valence electrons. The zero-order valence-corrected chi connectivity index (χ0v) is 16.2. The average Bonchev–Trinajstić information content (AvgIpc) is 3.40. The number of methoxy groups -OCH3 is 2. The summed E-state index contributed by atoms with van der Waals surface area (Å²) < 4.78 is 21.2. The van der Waals surface area contributed by atoms with Gasteiger partial charge in [-0.15, -0.1) is 11.3 Å². The summed E-state index contributed by atoms with van der Waals surface area (Å²) in [6.45, 7) is 0.599. The second-order valence-corrected chi connectivity index (χ2v) is 6.84. The third kappa shape index (κ3) is 3.59. The van der Waals surface area contributed by atoms with E-state index >= 15 is 0 Å². The van der Waals surface area contributed by atoms with Crippen LogP contribution >= 0.6 is 11.3 Å². The molecule has 0 saturated heterocycles. The number of fused-ring (bicyclic) bond motifs is 1. The standard InChI is InChI=1S/C20H18N2O5S/c1-24-15-6-4-13(8-17(15)25-2)20-22-14(10-28-20)19(23)21-9-12-3-5-16-18(7-12)27-11-26-16/h3-8,10H,9,11H2,1-2H3,(H,21,23). The van der Waals surface area contributed by atoms with Crippen LogP contribution in [0.3, 0.4) is 0 Å². The Hall–Kier alpha value is -3.26. The number of thiazole rings is 1. The molecule has 0 fully saturated rings. The summed E-state index contributed by atoms with van der Waals surface area (Å²) in [5.74, 6) is 2.43. The smallest absolute Gasteiger partial charge is 0.271 e. The summed E-state index contributed by atoms with van der Waals surface area (Å²) in [4.78, 5) is 16.9. The molecule has 2 heterocycles. The van der Waals surface area contributed by atoms with Crippen LogP contribution in [0.25, 0.3) is 10.6 Å². The Morgan fingerprint density at radius 2 is 1.93 bits per heavy atom. The van der Waals surface area contributed by atoms with Crippen molar-refractivity contribution in [3.63, 3.8) is 0 Å². The lowest BCUT2D eigenvalue weighted by atomic mass is 10.2. The van der Waals surface area contributed by atoms with E-state index in [1.807, 2.05) is 36.4 Å². The van der Waals surface area contributed by atoms with E-state index in [2.05, 4.69) is 10.3 Å². The quantitative estimate of drug-likeness (QED) is 0.685. The van der Waals surface area contributed by atoms with Gasteiger partial charge in [0.25, 0.3) is 5.91 Å². The molecule has 1 aromatic heterocycles. The highest BCUT2D eigenvalue weighted by molar-refractivity contribution is 7.13. The van der Waals surface area contributed by atoms with E-state index in [0.717, 1.165) is 16.1 Å². The molecule has 0 aliphatic carbocycles. The van der Waals surface area contributed by atoms with Crippen LogP contribution in [-0.4, -0.2) is 31.9 Å². The molecule has 8 heteroatoms. The summed E-state index contributed by atoms with van der Waals surface area (Å²) in [5, 5.41) is 5.34. The van der Waals surface area contributed by atoms with Crippen molar-refractivity contribution in [1.82, 2.24) is 10.3 Å². The van der Waals surface area contributed by atoms with E-state index in [4.69, 9.17) is 18.9 Å². The molecule has 3 aromatic rings. The predicted octanol–water partition coefficient (Wildman–Crippen LogP) is 3.49. The van der Waals surface area contributed by atoms with Crippen LogP contribution in [0, 0.1) is 0 Å². The van der Waals surface area contributed by atoms with Gasteiger partial charge in [0.2, 0.25) is 6.79 Å². The first-order valence-electron chi connectivity index (χ1n) is 8.52. The van der Waals surface area contributed by atoms with Crippen LogP contribution in [-0.2, 0) is 6.54 Å². The Labute approximate surface area is 165 Å². The van der Waals surface area contributed by atoms with E-state index in [1.54, 1.807) is 19.6 Å². The van der Waals surface area contributed by atoms with Gasteiger partial charge in [-0.1, -0.05) is 6.07 Å². The highest BCUT2D eigenvalue weighted by atomic mass is 32.1. The van der Waals surface area contributed by atoms with Gasteiger partial charge in [-0.2, -0.15) is 0 Å². The first-order valence-corrected chi connectivity index (χ1v) is 9.40. The number of benzene rings is 2. The lowest BCUT2D eigenvalue weighted by molar-refractivity contribution is 0.0946. The second kappa shape index (κ2) is 7.77. The molecule has 28 heavy (non-hydrogen) atoms. The Morgan fingerprint density at radius 1 is 1.11 bits per heavy atom. The van der Waals surface area contributed by atoms with E-state index in [1.165, 1.54) is 11.3 Å². The summed E-state index contributed by atoms with van der Waals surface area (Å²) in [7, 11) is 3.17. The van der Waals surface area contributed by atoms with Crippen molar-refractivity contribution in [3.05, 3.63) is 53.0 Å². The van der Waals surface area contributed by atoms with Crippen LogP contribution in [0.5, 0.6) is 23.0 Å². The predicted molar refractivity (Wildman–Crippen MR) is 104 cm³/mol. The largest absolute Gasteiger partial charge is 0.493 e. The molecule has 1 aliphatic rings. The van der Waals surface area contributed by atoms with Crippen molar-refractivity contribution in [2.45, 2.75) is 6.54 Å². The highest BCUT2D eigenvalue weighted by Gasteiger charge is 2.16. The highest BCUT2D eigenvalue weighted by Crippen LogP contribution is 2.34. The van der Waals surface area contributed by atoms with Gasteiger partial charge in [-0.3, -0.25) is 4.79 Å². The maximum Gasteiger partial charge on any atom is 0.271 e. The topological polar surface area (TPSA) is 78.9 Å². The number of hydrogen-bond acceptors (Lipinski definition) is 7. The maximum atomic E-state index is 12.5. The maximum absolute atomic E-state index is 12.5. The SMILES string of the molecule is COc1ccc(-c2nc(C(=O)NCc3ccc4c(c3)OCO4)cs2)cc1OC. The van der Waals surface area contributed by atoms with E-state index in [0.29, 0.717) is 35.2 Å². The van der Waals surface area contributed by atoms with Gasteiger partial charge < -0.3 is 24.3 Å².